The van der Waals surface area contributed by atoms with Gasteiger partial charge >= 0.3 is 12.1 Å². The SMILES string of the molecule is CCCCCCCC[C@H]1CC[C@H](CCC(=O)Oc2cc(F)c(C(F)(F)F)c(F)c2)CC1. The number of alkyl halides is 3. The summed E-state index contributed by atoms with van der Waals surface area (Å²) in [4.78, 5) is 12.0. The molecule has 1 aromatic carbocycles. The minimum Gasteiger partial charge on any atom is -0.426 e. The first-order valence-electron chi connectivity index (χ1n) is 11.5. The zero-order valence-corrected chi connectivity index (χ0v) is 18.2. The van der Waals surface area contributed by atoms with Crippen molar-refractivity contribution >= 4 is 5.97 Å². The van der Waals surface area contributed by atoms with Crippen molar-refractivity contribution in [2.24, 2.45) is 11.8 Å². The highest BCUT2D eigenvalue weighted by Crippen LogP contribution is 2.36. The van der Waals surface area contributed by atoms with Crippen molar-refractivity contribution in [3.63, 3.8) is 0 Å². The summed E-state index contributed by atoms with van der Waals surface area (Å²) in [5, 5.41) is 0. The summed E-state index contributed by atoms with van der Waals surface area (Å²) >= 11 is 0. The van der Waals surface area contributed by atoms with E-state index in [1.54, 1.807) is 0 Å². The van der Waals surface area contributed by atoms with E-state index < -0.39 is 35.1 Å². The van der Waals surface area contributed by atoms with Gasteiger partial charge in [-0.2, -0.15) is 13.2 Å². The van der Waals surface area contributed by atoms with Crippen LogP contribution in [0.15, 0.2) is 12.1 Å². The lowest BCUT2D eigenvalue weighted by atomic mass is 9.78. The predicted octanol–water partition coefficient (Wildman–Crippen LogP) is 8.23. The minimum atomic E-state index is -5.15. The molecule has 0 unspecified atom stereocenters. The van der Waals surface area contributed by atoms with Crippen molar-refractivity contribution < 1.29 is 31.5 Å². The second kappa shape index (κ2) is 12.4. The Hall–Kier alpha value is -1.66. The molecule has 0 spiro atoms. The van der Waals surface area contributed by atoms with E-state index in [9.17, 15) is 26.7 Å². The number of hydrogen-bond acceptors (Lipinski definition) is 2. The molecule has 176 valence electrons. The van der Waals surface area contributed by atoms with Crippen molar-refractivity contribution in [2.75, 3.05) is 0 Å². The first kappa shape index (κ1) is 25.6. The second-order valence-electron chi connectivity index (χ2n) is 8.72. The molecular formula is C24H33F5O2. The molecular weight excluding hydrogens is 415 g/mol. The smallest absolute Gasteiger partial charge is 0.422 e. The maximum atomic E-state index is 13.6. The molecule has 0 amide bonds. The van der Waals surface area contributed by atoms with Gasteiger partial charge < -0.3 is 4.74 Å². The fourth-order valence-corrected chi connectivity index (χ4v) is 4.41. The van der Waals surface area contributed by atoms with Crippen LogP contribution in [0.25, 0.3) is 0 Å². The summed E-state index contributed by atoms with van der Waals surface area (Å²) in [7, 11) is 0. The number of halogens is 5. The van der Waals surface area contributed by atoms with Crippen LogP contribution < -0.4 is 4.74 Å². The Kier molecular flexibility index (Phi) is 10.2. The zero-order valence-electron chi connectivity index (χ0n) is 18.2. The van der Waals surface area contributed by atoms with Crippen molar-refractivity contribution in [1.29, 1.82) is 0 Å². The first-order chi connectivity index (χ1) is 14.7. The van der Waals surface area contributed by atoms with Gasteiger partial charge in [0.15, 0.2) is 0 Å². The fourth-order valence-electron chi connectivity index (χ4n) is 4.41. The topological polar surface area (TPSA) is 26.3 Å². The van der Waals surface area contributed by atoms with Crippen LogP contribution in [0.5, 0.6) is 5.75 Å². The van der Waals surface area contributed by atoms with E-state index in [0.717, 1.165) is 31.6 Å². The molecule has 0 bridgehead atoms. The number of benzene rings is 1. The average molecular weight is 449 g/mol. The molecule has 1 saturated carbocycles. The molecule has 1 aliphatic carbocycles. The lowest BCUT2D eigenvalue weighted by Crippen LogP contribution is -2.17. The van der Waals surface area contributed by atoms with Crippen LogP contribution in [0, 0.1) is 23.5 Å². The molecule has 0 aliphatic heterocycles. The van der Waals surface area contributed by atoms with E-state index >= 15 is 0 Å². The van der Waals surface area contributed by atoms with E-state index in [1.807, 2.05) is 0 Å². The van der Waals surface area contributed by atoms with E-state index in [0.29, 0.717) is 24.5 Å². The highest BCUT2D eigenvalue weighted by Gasteiger charge is 2.38. The Balaban J connectivity index is 1.68. The van der Waals surface area contributed by atoms with Gasteiger partial charge in [-0.3, -0.25) is 4.79 Å². The van der Waals surface area contributed by atoms with Crippen LogP contribution in [0.1, 0.15) is 96.0 Å². The monoisotopic (exact) mass is 448 g/mol. The number of carbonyl (C=O) groups excluding carboxylic acids is 1. The zero-order chi connectivity index (χ0) is 22.9. The third kappa shape index (κ3) is 8.77. The molecule has 0 N–H and O–H groups in total. The summed E-state index contributed by atoms with van der Waals surface area (Å²) in [5.41, 5.74) is -1.98. The Morgan fingerprint density at radius 3 is 1.97 bits per heavy atom. The molecule has 7 heteroatoms. The van der Waals surface area contributed by atoms with Crippen LogP contribution in [0.2, 0.25) is 0 Å². The van der Waals surface area contributed by atoms with Gasteiger partial charge in [-0.15, -0.1) is 0 Å². The number of esters is 1. The number of hydrogen-bond donors (Lipinski definition) is 0. The summed E-state index contributed by atoms with van der Waals surface area (Å²) in [6.07, 6.45) is 9.04. The van der Waals surface area contributed by atoms with Gasteiger partial charge in [-0.1, -0.05) is 77.6 Å². The van der Waals surface area contributed by atoms with E-state index in [-0.39, 0.29) is 6.42 Å². The third-order valence-corrected chi connectivity index (χ3v) is 6.22. The number of rotatable bonds is 11. The van der Waals surface area contributed by atoms with Gasteiger partial charge in [0.25, 0.3) is 0 Å². The first-order valence-corrected chi connectivity index (χ1v) is 11.5. The fraction of sp³-hybridized carbons (Fsp3) is 0.708. The molecule has 0 saturated heterocycles. The number of unbranched alkanes of at least 4 members (excludes halogenated alkanes) is 5. The largest absolute Gasteiger partial charge is 0.426 e. The lowest BCUT2D eigenvalue weighted by molar-refractivity contribution is -0.142. The standard InChI is InChI=1S/C24H33F5O2/c1-2-3-4-5-6-7-8-17-9-11-18(12-10-17)13-14-22(30)31-19-15-20(25)23(21(26)16-19)24(27,28)29/h15-18H,2-14H2,1H3/t17-,18-. The molecule has 2 rings (SSSR count). The van der Waals surface area contributed by atoms with Crippen LogP contribution in [-0.2, 0) is 11.0 Å². The second-order valence-corrected chi connectivity index (χ2v) is 8.72. The van der Waals surface area contributed by atoms with Gasteiger partial charge in [0, 0.05) is 18.6 Å². The normalized spacial score (nSPS) is 19.4. The Labute approximate surface area is 181 Å². The predicted molar refractivity (Wildman–Crippen MR) is 110 cm³/mol. The Morgan fingerprint density at radius 1 is 0.903 bits per heavy atom. The van der Waals surface area contributed by atoms with Gasteiger partial charge in [0.2, 0.25) is 0 Å². The average Bonchev–Trinajstić information content (AvgIpc) is 2.68. The highest BCUT2D eigenvalue weighted by atomic mass is 19.4. The summed E-state index contributed by atoms with van der Waals surface area (Å²) in [5.74, 6) is -3.65. The van der Waals surface area contributed by atoms with Crippen LogP contribution >= 0.6 is 0 Å². The van der Waals surface area contributed by atoms with Gasteiger partial charge in [0.1, 0.15) is 22.9 Å². The van der Waals surface area contributed by atoms with Gasteiger partial charge in [0.05, 0.1) is 0 Å². The van der Waals surface area contributed by atoms with E-state index in [2.05, 4.69) is 6.92 Å². The Bertz CT molecular complexity index is 671. The quantitative estimate of drug-likeness (QED) is 0.147. The summed E-state index contributed by atoms with van der Waals surface area (Å²) < 4.78 is 69.8. The molecule has 0 heterocycles. The number of carbonyl (C=O) groups is 1. The minimum absolute atomic E-state index is 0.0804. The Morgan fingerprint density at radius 2 is 1.42 bits per heavy atom. The summed E-state index contributed by atoms with van der Waals surface area (Å²) in [6.45, 7) is 2.21. The molecule has 0 atom stereocenters. The molecule has 0 radical (unpaired) electrons. The maximum Gasteiger partial charge on any atom is 0.422 e. The molecule has 2 nitrogen and oxygen atoms in total. The van der Waals surface area contributed by atoms with Crippen molar-refractivity contribution in [3.8, 4) is 5.75 Å². The van der Waals surface area contributed by atoms with Crippen LogP contribution in [0.3, 0.4) is 0 Å². The van der Waals surface area contributed by atoms with E-state index in [4.69, 9.17) is 4.74 Å². The summed E-state index contributed by atoms with van der Waals surface area (Å²) in [6, 6.07) is 0.800. The van der Waals surface area contributed by atoms with Crippen LogP contribution in [-0.4, -0.2) is 5.97 Å². The van der Waals surface area contributed by atoms with Crippen LogP contribution in [0.4, 0.5) is 22.0 Å². The van der Waals surface area contributed by atoms with Crippen molar-refractivity contribution in [3.05, 3.63) is 29.3 Å². The van der Waals surface area contributed by atoms with Crippen molar-refractivity contribution in [1.82, 2.24) is 0 Å². The number of ether oxygens (including phenoxy) is 1. The molecule has 1 aromatic rings. The maximum absolute atomic E-state index is 13.6. The highest BCUT2D eigenvalue weighted by molar-refractivity contribution is 5.72. The van der Waals surface area contributed by atoms with Gasteiger partial charge in [-0.05, 0) is 18.3 Å². The molecule has 1 fully saturated rings. The molecule has 1 aliphatic rings. The molecule has 31 heavy (non-hydrogen) atoms. The van der Waals surface area contributed by atoms with Gasteiger partial charge in [-0.25, -0.2) is 8.78 Å². The third-order valence-electron chi connectivity index (χ3n) is 6.22. The van der Waals surface area contributed by atoms with E-state index in [1.165, 1.54) is 44.9 Å². The van der Waals surface area contributed by atoms with Crippen molar-refractivity contribution in [2.45, 2.75) is 96.6 Å². The molecule has 0 aromatic heterocycles. The lowest BCUT2D eigenvalue weighted by Gasteiger charge is -2.28.